The standard InChI is InChI=1S/C22H23F2N3O5/c1-2-12-13-16(27(11-3-4-11)18(21(30)31)20(29)19(13)28)15(24)17(14(12)23)26-7-10-5-6-32-22(10,8-25)9-26/h2,10-11,18H,1,3-9,25H2,(H,30,31). The summed E-state index contributed by atoms with van der Waals surface area (Å²) < 4.78 is 37.6. The van der Waals surface area contributed by atoms with Gasteiger partial charge < -0.3 is 25.4 Å². The number of fused-ring (bicyclic) bond motifs is 2. The molecule has 3 aliphatic heterocycles. The van der Waals surface area contributed by atoms with Gasteiger partial charge in [-0.05, 0) is 19.3 Å². The molecule has 8 nitrogen and oxygen atoms in total. The van der Waals surface area contributed by atoms with Crippen molar-refractivity contribution < 1.29 is 33.0 Å². The maximum atomic E-state index is 16.1. The molecular formula is C22H23F2N3O5. The molecule has 32 heavy (non-hydrogen) atoms. The molecule has 3 atom stereocenters. The first kappa shape index (κ1) is 21.0. The summed E-state index contributed by atoms with van der Waals surface area (Å²) in [7, 11) is 0. The minimum atomic E-state index is -1.84. The highest BCUT2D eigenvalue weighted by atomic mass is 19.1. The zero-order valence-corrected chi connectivity index (χ0v) is 17.3. The van der Waals surface area contributed by atoms with Crippen LogP contribution in [0.5, 0.6) is 0 Å². The number of carboxylic acid groups (broad SMARTS) is 1. The van der Waals surface area contributed by atoms with Crippen molar-refractivity contribution in [3.05, 3.63) is 29.3 Å². The first-order valence-electron chi connectivity index (χ1n) is 10.6. The van der Waals surface area contributed by atoms with Gasteiger partial charge in [-0.2, -0.15) is 0 Å². The zero-order chi connectivity index (χ0) is 22.9. The van der Waals surface area contributed by atoms with Crippen LogP contribution in [0.4, 0.5) is 20.2 Å². The van der Waals surface area contributed by atoms with E-state index in [-0.39, 0.29) is 35.9 Å². The number of carboxylic acids is 1. The fraction of sp³-hybridized carbons (Fsp3) is 0.500. The van der Waals surface area contributed by atoms with E-state index in [1.165, 1.54) is 4.90 Å². The minimum absolute atomic E-state index is 0.0102. The van der Waals surface area contributed by atoms with E-state index >= 15 is 8.78 Å². The number of aliphatic carboxylic acids is 1. The number of anilines is 2. The van der Waals surface area contributed by atoms with Crippen LogP contribution in [0.1, 0.15) is 35.2 Å². The molecule has 0 bridgehead atoms. The van der Waals surface area contributed by atoms with Crippen LogP contribution in [0.25, 0.3) is 6.08 Å². The lowest BCUT2D eigenvalue weighted by Crippen LogP contribution is -2.55. The Bertz CT molecular complexity index is 1070. The van der Waals surface area contributed by atoms with Crippen molar-refractivity contribution in [3.8, 4) is 0 Å². The van der Waals surface area contributed by atoms with Crippen LogP contribution in [-0.4, -0.2) is 66.6 Å². The molecule has 0 amide bonds. The largest absolute Gasteiger partial charge is 0.479 e. The van der Waals surface area contributed by atoms with Crippen molar-refractivity contribution in [2.75, 3.05) is 36.0 Å². The number of Topliss-reactive ketones (excluding diaryl/α,β-unsaturated/α-hetero) is 2. The Morgan fingerprint density at radius 1 is 1.25 bits per heavy atom. The van der Waals surface area contributed by atoms with E-state index in [1.54, 1.807) is 0 Å². The zero-order valence-electron chi connectivity index (χ0n) is 17.3. The molecule has 0 aromatic heterocycles. The van der Waals surface area contributed by atoms with E-state index in [1.807, 2.05) is 0 Å². The van der Waals surface area contributed by atoms with Crippen LogP contribution >= 0.6 is 0 Å². The molecule has 1 aromatic carbocycles. The number of carbonyl (C=O) groups excluding carboxylic acids is 2. The number of carbonyl (C=O) groups is 3. The molecular weight excluding hydrogens is 424 g/mol. The molecule has 3 N–H and O–H groups in total. The Hall–Kier alpha value is -2.85. The van der Waals surface area contributed by atoms with Gasteiger partial charge in [0.05, 0.1) is 11.3 Å². The third-order valence-electron chi connectivity index (χ3n) is 7.14. The summed E-state index contributed by atoms with van der Waals surface area (Å²) in [5.41, 5.74) is 3.75. The predicted octanol–water partition coefficient (Wildman–Crippen LogP) is 1.35. The Morgan fingerprint density at radius 3 is 2.53 bits per heavy atom. The normalized spacial score (nSPS) is 29.3. The van der Waals surface area contributed by atoms with Gasteiger partial charge in [0.25, 0.3) is 0 Å². The highest BCUT2D eigenvalue weighted by Gasteiger charge is 2.54. The third kappa shape index (κ3) is 2.69. The number of benzene rings is 1. The van der Waals surface area contributed by atoms with E-state index in [2.05, 4.69) is 6.58 Å². The number of hydrogen-bond acceptors (Lipinski definition) is 7. The lowest BCUT2D eigenvalue weighted by atomic mass is 9.88. The lowest BCUT2D eigenvalue weighted by Gasteiger charge is -2.37. The lowest BCUT2D eigenvalue weighted by molar-refractivity contribution is -0.141. The van der Waals surface area contributed by atoms with Crippen LogP contribution in [-0.2, 0) is 14.3 Å². The monoisotopic (exact) mass is 447 g/mol. The molecule has 0 radical (unpaired) electrons. The van der Waals surface area contributed by atoms with E-state index in [0.29, 0.717) is 32.4 Å². The summed E-state index contributed by atoms with van der Waals surface area (Å²) in [5, 5.41) is 9.65. The molecule has 1 aromatic rings. The maximum absolute atomic E-state index is 16.1. The Kier molecular flexibility index (Phi) is 4.65. The number of rotatable bonds is 5. The molecule has 3 unspecified atom stereocenters. The number of ketones is 2. The Balaban J connectivity index is 1.72. The third-order valence-corrected chi connectivity index (χ3v) is 7.14. The van der Waals surface area contributed by atoms with Crippen LogP contribution < -0.4 is 15.5 Å². The van der Waals surface area contributed by atoms with Gasteiger partial charge in [0, 0.05) is 43.8 Å². The SMILES string of the molecule is C=Cc1c(F)c(N2CC3CCOC3(CN)C2)c(F)c2c1C(=O)C(=O)C(C(=O)O)N2C1CC1. The van der Waals surface area contributed by atoms with Gasteiger partial charge in [0.15, 0.2) is 17.7 Å². The van der Waals surface area contributed by atoms with Gasteiger partial charge in [-0.15, -0.1) is 0 Å². The van der Waals surface area contributed by atoms with Gasteiger partial charge in [-0.25, -0.2) is 13.6 Å². The molecule has 3 fully saturated rings. The van der Waals surface area contributed by atoms with Gasteiger partial charge in [-0.3, -0.25) is 9.59 Å². The molecule has 0 spiro atoms. The first-order chi connectivity index (χ1) is 15.3. The molecule has 3 heterocycles. The fourth-order valence-corrected chi connectivity index (χ4v) is 5.44. The smallest absolute Gasteiger partial charge is 0.334 e. The van der Waals surface area contributed by atoms with Crippen LogP contribution in [0, 0.1) is 17.6 Å². The van der Waals surface area contributed by atoms with Crippen molar-refractivity contribution in [1.29, 1.82) is 0 Å². The first-order valence-corrected chi connectivity index (χ1v) is 10.6. The summed E-state index contributed by atoms with van der Waals surface area (Å²) >= 11 is 0. The summed E-state index contributed by atoms with van der Waals surface area (Å²) in [5.74, 6) is -6.04. The van der Waals surface area contributed by atoms with Gasteiger partial charge in [0.1, 0.15) is 11.3 Å². The summed E-state index contributed by atoms with van der Waals surface area (Å²) in [6, 6.07) is -2.27. The topological polar surface area (TPSA) is 113 Å². The number of nitrogens with two attached hydrogens (primary N) is 1. The summed E-state index contributed by atoms with van der Waals surface area (Å²) in [6.07, 6.45) is 2.85. The van der Waals surface area contributed by atoms with E-state index in [0.717, 1.165) is 11.0 Å². The van der Waals surface area contributed by atoms with Gasteiger partial charge in [-0.1, -0.05) is 12.7 Å². The second-order valence-corrected chi connectivity index (χ2v) is 8.87. The molecule has 2 saturated heterocycles. The predicted molar refractivity (Wildman–Crippen MR) is 111 cm³/mol. The van der Waals surface area contributed by atoms with Crippen LogP contribution in [0.2, 0.25) is 0 Å². The molecule has 1 saturated carbocycles. The second-order valence-electron chi connectivity index (χ2n) is 8.87. The quantitative estimate of drug-likeness (QED) is 0.514. The highest BCUT2D eigenvalue weighted by molar-refractivity contribution is 6.52. The number of nitrogens with zero attached hydrogens (tertiary/aromatic N) is 2. The van der Waals surface area contributed by atoms with Crippen LogP contribution in [0.3, 0.4) is 0 Å². The fourth-order valence-electron chi connectivity index (χ4n) is 5.44. The minimum Gasteiger partial charge on any atom is -0.479 e. The average Bonchev–Trinajstić information content (AvgIpc) is 3.42. The molecule has 10 heteroatoms. The van der Waals surface area contributed by atoms with Crippen molar-refractivity contribution >= 4 is 35.0 Å². The van der Waals surface area contributed by atoms with Crippen molar-refractivity contribution in [3.63, 3.8) is 0 Å². The molecule has 170 valence electrons. The molecule has 4 aliphatic rings. The van der Waals surface area contributed by atoms with Crippen molar-refractivity contribution in [2.45, 2.75) is 36.9 Å². The summed E-state index contributed by atoms with van der Waals surface area (Å²) in [4.78, 5) is 40.0. The second kappa shape index (κ2) is 7.08. The van der Waals surface area contributed by atoms with Gasteiger partial charge >= 0.3 is 5.97 Å². The molecule has 5 rings (SSSR count). The average molecular weight is 447 g/mol. The highest BCUT2D eigenvalue weighted by Crippen LogP contribution is 2.48. The van der Waals surface area contributed by atoms with Crippen molar-refractivity contribution in [1.82, 2.24) is 0 Å². The Morgan fingerprint density at radius 2 is 1.97 bits per heavy atom. The van der Waals surface area contributed by atoms with E-state index in [4.69, 9.17) is 10.5 Å². The number of ether oxygens (including phenoxy) is 1. The van der Waals surface area contributed by atoms with Gasteiger partial charge in [0.2, 0.25) is 11.6 Å². The number of halogens is 2. The molecule has 1 aliphatic carbocycles. The summed E-state index contributed by atoms with van der Waals surface area (Å²) in [6.45, 7) is 4.74. The van der Waals surface area contributed by atoms with Crippen LogP contribution in [0.15, 0.2) is 6.58 Å². The Labute approximate surface area is 182 Å². The maximum Gasteiger partial charge on any atom is 0.334 e. The van der Waals surface area contributed by atoms with E-state index in [9.17, 15) is 19.5 Å². The van der Waals surface area contributed by atoms with Crippen molar-refractivity contribution in [2.24, 2.45) is 11.7 Å². The number of hydrogen-bond donors (Lipinski definition) is 2. The van der Waals surface area contributed by atoms with E-state index < -0.39 is 52.4 Å².